The van der Waals surface area contributed by atoms with E-state index in [0.29, 0.717) is 10.0 Å². The van der Waals surface area contributed by atoms with Gasteiger partial charge in [0.15, 0.2) is 0 Å². The van der Waals surface area contributed by atoms with Gasteiger partial charge in [-0.25, -0.2) is 0 Å². The minimum atomic E-state index is -0.702. The molecule has 0 aliphatic heterocycles. The van der Waals surface area contributed by atoms with Crippen molar-refractivity contribution in [3.63, 3.8) is 0 Å². The maximum Gasteiger partial charge on any atom is 0.239 e. The van der Waals surface area contributed by atoms with Crippen LogP contribution in [0.1, 0.15) is 19.4 Å². The average Bonchev–Trinajstić information content (AvgIpc) is 2.32. The number of ether oxygens (including phenoxy) is 1. The molecule has 19 heavy (non-hydrogen) atoms. The van der Waals surface area contributed by atoms with Crippen molar-refractivity contribution in [2.45, 2.75) is 25.4 Å². The summed E-state index contributed by atoms with van der Waals surface area (Å²) in [5, 5.41) is 3.78. The largest absolute Gasteiger partial charge is 0.383 e. The van der Waals surface area contributed by atoms with Gasteiger partial charge in [0.2, 0.25) is 5.91 Å². The molecule has 0 aromatic heterocycles. The standard InChI is InChI=1S/C13H18Cl2N2O2/c1-13(2,17-12(18)11(16)7-19-3)8-4-5-9(14)10(15)6-8/h4-6,11H,7,16H2,1-3H3,(H,17,18). The summed E-state index contributed by atoms with van der Waals surface area (Å²) >= 11 is 11.9. The molecule has 1 amide bonds. The molecule has 0 spiro atoms. The lowest BCUT2D eigenvalue weighted by atomic mass is 9.94. The van der Waals surface area contributed by atoms with Crippen molar-refractivity contribution in [1.29, 1.82) is 0 Å². The maximum atomic E-state index is 11.9. The first-order chi connectivity index (χ1) is 8.77. The fourth-order valence-corrected chi connectivity index (χ4v) is 1.91. The fraction of sp³-hybridized carbons (Fsp3) is 0.462. The van der Waals surface area contributed by atoms with E-state index in [4.69, 9.17) is 33.7 Å². The van der Waals surface area contributed by atoms with Crippen LogP contribution in [0.15, 0.2) is 18.2 Å². The SMILES string of the molecule is COCC(N)C(=O)NC(C)(C)c1ccc(Cl)c(Cl)c1. The van der Waals surface area contributed by atoms with E-state index in [2.05, 4.69) is 5.32 Å². The zero-order chi connectivity index (χ0) is 14.6. The molecule has 6 heteroatoms. The minimum Gasteiger partial charge on any atom is -0.383 e. The summed E-state index contributed by atoms with van der Waals surface area (Å²) in [7, 11) is 1.50. The lowest BCUT2D eigenvalue weighted by Crippen LogP contribution is -2.50. The number of carbonyl (C=O) groups excluding carboxylic acids is 1. The first kappa shape index (κ1) is 16.2. The van der Waals surface area contributed by atoms with Crippen LogP contribution in [-0.4, -0.2) is 25.7 Å². The number of rotatable bonds is 5. The molecule has 0 bridgehead atoms. The number of carbonyl (C=O) groups is 1. The van der Waals surface area contributed by atoms with E-state index in [1.54, 1.807) is 12.1 Å². The molecule has 1 unspecified atom stereocenters. The smallest absolute Gasteiger partial charge is 0.239 e. The Morgan fingerprint density at radius 1 is 1.42 bits per heavy atom. The number of amides is 1. The molecule has 1 aromatic carbocycles. The molecule has 4 nitrogen and oxygen atoms in total. The van der Waals surface area contributed by atoms with E-state index in [0.717, 1.165) is 5.56 Å². The molecule has 106 valence electrons. The van der Waals surface area contributed by atoms with Gasteiger partial charge >= 0.3 is 0 Å². The van der Waals surface area contributed by atoms with Gasteiger partial charge in [0.05, 0.1) is 22.2 Å². The van der Waals surface area contributed by atoms with Crippen molar-refractivity contribution in [2.24, 2.45) is 5.73 Å². The van der Waals surface area contributed by atoms with Crippen molar-refractivity contribution in [1.82, 2.24) is 5.32 Å². The molecule has 1 aromatic rings. The number of nitrogens with one attached hydrogen (secondary N) is 1. The van der Waals surface area contributed by atoms with Crippen LogP contribution in [0.2, 0.25) is 10.0 Å². The Labute approximate surface area is 123 Å². The molecule has 0 fully saturated rings. The molecular formula is C13H18Cl2N2O2. The van der Waals surface area contributed by atoms with E-state index in [1.807, 2.05) is 19.9 Å². The van der Waals surface area contributed by atoms with Crippen LogP contribution in [-0.2, 0) is 15.1 Å². The molecule has 1 rings (SSSR count). The van der Waals surface area contributed by atoms with Crippen molar-refractivity contribution >= 4 is 29.1 Å². The van der Waals surface area contributed by atoms with E-state index in [9.17, 15) is 4.79 Å². The van der Waals surface area contributed by atoms with Gasteiger partial charge in [-0.3, -0.25) is 4.79 Å². The Balaban J connectivity index is 2.85. The summed E-state index contributed by atoms with van der Waals surface area (Å²) in [5.74, 6) is -0.280. The lowest BCUT2D eigenvalue weighted by molar-refractivity contribution is -0.125. The predicted octanol–water partition coefficient (Wildman–Crippen LogP) is 2.32. The van der Waals surface area contributed by atoms with Crippen LogP contribution in [0.25, 0.3) is 0 Å². The highest BCUT2D eigenvalue weighted by atomic mass is 35.5. The van der Waals surface area contributed by atoms with Crippen LogP contribution in [0.3, 0.4) is 0 Å². The maximum absolute atomic E-state index is 11.9. The van der Waals surface area contributed by atoms with Gasteiger partial charge < -0.3 is 15.8 Å². The summed E-state index contributed by atoms with van der Waals surface area (Å²) in [6.07, 6.45) is 0. The van der Waals surface area contributed by atoms with E-state index in [-0.39, 0.29) is 12.5 Å². The summed E-state index contributed by atoms with van der Waals surface area (Å²) in [6, 6.07) is 4.54. The zero-order valence-corrected chi connectivity index (χ0v) is 12.7. The van der Waals surface area contributed by atoms with Crippen molar-refractivity contribution < 1.29 is 9.53 Å². The Hall–Kier alpha value is -0.810. The van der Waals surface area contributed by atoms with Crippen molar-refractivity contribution in [3.8, 4) is 0 Å². The van der Waals surface area contributed by atoms with Crippen LogP contribution >= 0.6 is 23.2 Å². The van der Waals surface area contributed by atoms with Crippen molar-refractivity contribution in [2.75, 3.05) is 13.7 Å². The molecular weight excluding hydrogens is 287 g/mol. The van der Waals surface area contributed by atoms with Crippen LogP contribution in [0, 0.1) is 0 Å². The number of benzene rings is 1. The molecule has 0 aliphatic rings. The Bertz CT molecular complexity index is 464. The lowest BCUT2D eigenvalue weighted by Gasteiger charge is -2.28. The predicted molar refractivity (Wildman–Crippen MR) is 77.5 cm³/mol. The summed E-state index contributed by atoms with van der Waals surface area (Å²) in [4.78, 5) is 11.9. The molecule has 0 aliphatic carbocycles. The van der Waals surface area contributed by atoms with Gasteiger partial charge in [-0.15, -0.1) is 0 Å². The molecule has 0 saturated carbocycles. The monoisotopic (exact) mass is 304 g/mol. The van der Waals surface area contributed by atoms with E-state index < -0.39 is 11.6 Å². The first-order valence-corrected chi connectivity index (χ1v) is 6.55. The Morgan fingerprint density at radius 3 is 2.58 bits per heavy atom. The third-order valence-electron chi connectivity index (χ3n) is 2.76. The molecule has 3 N–H and O–H groups in total. The van der Waals surface area contributed by atoms with Crippen molar-refractivity contribution in [3.05, 3.63) is 33.8 Å². The third kappa shape index (κ3) is 4.35. The second kappa shape index (κ2) is 6.57. The third-order valence-corrected chi connectivity index (χ3v) is 3.50. The minimum absolute atomic E-state index is 0.170. The number of hydrogen-bond donors (Lipinski definition) is 2. The highest BCUT2D eigenvalue weighted by Crippen LogP contribution is 2.28. The molecule has 0 radical (unpaired) electrons. The van der Waals surface area contributed by atoms with Gasteiger partial charge in [-0.2, -0.15) is 0 Å². The van der Waals surface area contributed by atoms with Gasteiger partial charge in [0, 0.05) is 7.11 Å². The second-order valence-corrected chi connectivity index (χ2v) is 5.62. The van der Waals surface area contributed by atoms with Crippen LogP contribution in [0.4, 0.5) is 0 Å². The fourth-order valence-electron chi connectivity index (χ4n) is 1.61. The van der Waals surface area contributed by atoms with Gasteiger partial charge in [0.25, 0.3) is 0 Å². The van der Waals surface area contributed by atoms with E-state index in [1.165, 1.54) is 7.11 Å². The number of halogens is 2. The topological polar surface area (TPSA) is 64.3 Å². The zero-order valence-electron chi connectivity index (χ0n) is 11.2. The highest BCUT2D eigenvalue weighted by molar-refractivity contribution is 6.42. The summed E-state index contributed by atoms with van der Waals surface area (Å²) in [6.45, 7) is 3.90. The quantitative estimate of drug-likeness (QED) is 0.877. The highest BCUT2D eigenvalue weighted by Gasteiger charge is 2.26. The average molecular weight is 305 g/mol. The second-order valence-electron chi connectivity index (χ2n) is 4.80. The molecule has 0 saturated heterocycles. The Morgan fingerprint density at radius 2 is 2.05 bits per heavy atom. The van der Waals surface area contributed by atoms with Gasteiger partial charge in [0.1, 0.15) is 6.04 Å². The Kier molecular flexibility index (Phi) is 5.62. The number of hydrogen-bond acceptors (Lipinski definition) is 3. The molecule has 0 heterocycles. The molecule has 1 atom stereocenters. The van der Waals surface area contributed by atoms with Gasteiger partial charge in [-0.1, -0.05) is 29.3 Å². The normalized spacial score (nSPS) is 13.2. The summed E-state index contributed by atoms with van der Waals surface area (Å²) < 4.78 is 4.86. The van der Waals surface area contributed by atoms with Gasteiger partial charge in [-0.05, 0) is 31.5 Å². The summed E-state index contributed by atoms with van der Waals surface area (Å²) in [5.41, 5.74) is 5.93. The van der Waals surface area contributed by atoms with Crippen LogP contribution < -0.4 is 11.1 Å². The number of methoxy groups -OCH3 is 1. The number of nitrogens with two attached hydrogens (primary N) is 1. The van der Waals surface area contributed by atoms with Crippen LogP contribution in [0.5, 0.6) is 0 Å². The first-order valence-electron chi connectivity index (χ1n) is 5.80. The van der Waals surface area contributed by atoms with E-state index >= 15 is 0 Å².